The molecule has 1 aliphatic heterocycles. The number of benzene rings is 1. The fourth-order valence-corrected chi connectivity index (χ4v) is 2.97. The maximum atomic E-state index is 5.91. The lowest BCUT2D eigenvalue weighted by molar-refractivity contribution is 0.183. The van der Waals surface area contributed by atoms with Crippen LogP contribution in [0.15, 0.2) is 30.3 Å². The van der Waals surface area contributed by atoms with E-state index in [1.54, 1.807) is 13.0 Å². The summed E-state index contributed by atoms with van der Waals surface area (Å²) in [5.74, 6) is 2.55. The Kier molecular flexibility index (Phi) is 5.88. The van der Waals surface area contributed by atoms with Gasteiger partial charge in [0.1, 0.15) is 29.1 Å². The molecule has 0 atom stereocenters. The molecule has 6 heteroatoms. The van der Waals surface area contributed by atoms with Crippen molar-refractivity contribution >= 4 is 11.6 Å². The summed E-state index contributed by atoms with van der Waals surface area (Å²) in [6, 6.07) is 9.13. The van der Waals surface area contributed by atoms with Crippen LogP contribution in [0.4, 0.5) is 0 Å². The first-order valence-corrected chi connectivity index (χ1v) is 8.71. The van der Waals surface area contributed by atoms with Crippen LogP contribution in [0.25, 0.3) is 0 Å². The third-order valence-corrected chi connectivity index (χ3v) is 4.15. The van der Waals surface area contributed by atoms with Crippen molar-refractivity contribution in [3.8, 4) is 17.4 Å². The summed E-state index contributed by atoms with van der Waals surface area (Å²) in [4.78, 5) is 10.7. The van der Waals surface area contributed by atoms with Gasteiger partial charge in [0.05, 0.1) is 0 Å². The highest BCUT2D eigenvalue weighted by molar-refractivity contribution is 6.29. The molecule has 2 heterocycles. The number of hydrogen-bond donors (Lipinski definition) is 0. The van der Waals surface area contributed by atoms with Crippen molar-refractivity contribution < 1.29 is 9.47 Å². The summed E-state index contributed by atoms with van der Waals surface area (Å²) in [7, 11) is 0. The number of ether oxygens (including phenoxy) is 2. The second kappa shape index (κ2) is 8.31. The summed E-state index contributed by atoms with van der Waals surface area (Å²) in [6.45, 7) is 5.85. The Morgan fingerprint density at radius 2 is 1.75 bits per heavy atom. The topological polar surface area (TPSA) is 47.5 Å². The number of hydrogen-bond acceptors (Lipinski definition) is 5. The summed E-state index contributed by atoms with van der Waals surface area (Å²) in [5.41, 5.74) is 0. The molecule has 5 nitrogen and oxygen atoms in total. The zero-order chi connectivity index (χ0) is 16.8. The van der Waals surface area contributed by atoms with Crippen LogP contribution in [0.2, 0.25) is 5.15 Å². The number of likely N-dealkylation sites (tertiary alicyclic amines) is 1. The average Bonchev–Trinajstić information content (AvgIpc) is 2.56. The average molecular weight is 348 g/mol. The Labute approximate surface area is 147 Å². The SMILES string of the molecule is Cc1nc(Cl)cc(Oc2ccc(OCCN3CCCCC3)cc2)n1. The Hall–Kier alpha value is -1.85. The molecule has 1 fully saturated rings. The number of aryl methyl sites for hydroxylation is 1. The molecule has 0 spiro atoms. The smallest absolute Gasteiger partial charge is 0.224 e. The third-order valence-electron chi connectivity index (χ3n) is 3.95. The number of aromatic nitrogens is 2. The maximum Gasteiger partial charge on any atom is 0.224 e. The molecule has 0 saturated carbocycles. The van der Waals surface area contributed by atoms with Crippen LogP contribution < -0.4 is 9.47 Å². The van der Waals surface area contributed by atoms with E-state index >= 15 is 0 Å². The van der Waals surface area contributed by atoms with Gasteiger partial charge in [0.15, 0.2) is 0 Å². The van der Waals surface area contributed by atoms with Crippen molar-refractivity contribution in [2.24, 2.45) is 0 Å². The Morgan fingerprint density at radius 3 is 2.46 bits per heavy atom. The van der Waals surface area contributed by atoms with Crippen LogP contribution >= 0.6 is 11.6 Å². The first-order chi connectivity index (χ1) is 11.7. The molecule has 24 heavy (non-hydrogen) atoms. The van der Waals surface area contributed by atoms with Gasteiger partial charge in [-0.1, -0.05) is 18.0 Å². The highest BCUT2D eigenvalue weighted by atomic mass is 35.5. The van der Waals surface area contributed by atoms with Gasteiger partial charge < -0.3 is 9.47 Å². The van der Waals surface area contributed by atoms with Gasteiger partial charge in [-0.05, 0) is 57.1 Å². The molecule has 128 valence electrons. The lowest BCUT2D eigenvalue weighted by Crippen LogP contribution is -2.33. The van der Waals surface area contributed by atoms with Crippen molar-refractivity contribution in [3.05, 3.63) is 41.3 Å². The highest BCUT2D eigenvalue weighted by Crippen LogP contribution is 2.24. The Morgan fingerprint density at radius 1 is 1.04 bits per heavy atom. The van der Waals surface area contributed by atoms with E-state index in [1.165, 1.54) is 32.4 Å². The minimum Gasteiger partial charge on any atom is -0.492 e. The number of piperidine rings is 1. The van der Waals surface area contributed by atoms with Crippen LogP contribution in [-0.4, -0.2) is 41.1 Å². The predicted molar refractivity (Wildman–Crippen MR) is 94.1 cm³/mol. The van der Waals surface area contributed by atoms with Gasteiger partial charge in [-0.3, -0.25) is 4.90 Å². The van der Waals surface area contributed by atoms with E-state index in [0.717, 1.165) is 12.3 Å². The van der Waals surface area contributed by atoms with E-state index in [2.05, 4.69) is 14.9 Å². The molecule has 0 bridgehead atoms. The fraction of sp³-hybridized carbons (Fsp3) is 0.444. The van der Waals surface area contributed by atoms with Crippen molar-refractivity contribution in [3.63, 3.8) is 0 Å². The van der Waals surface area contributed by atoms with Gasteiger partial charge in [-0.25, -0.2) is 4.98 Å². The van der Waals surface area contributed by atoms with Crippen LogP contribution in [0.3, 0.4) is 0 Å². The van der Waals surface area contributed by atoms with Gasteiger partial charge in [0, 0.05) is 12.6 Å². The zero-order valence-electron chi connectivity index (χ0n) is 13.9. The molecule has 1 saturated heterocycles. The van der Waals surface area contributed by atoms with Crippen molar-refractivity contribution in [1.29, 1.82) is 0 Å². The molecule has 0 radical (unpaired) electrons. The summed E-state index contributed by atoms with van der Waals surface area (Å²) < 4.78 is 11.5. The molecule has 3 rings (SSSR count). The van der Waals surface area contributed by atoms with Crippen LogP contribution in [0.1, 0.15) is 25.1 Å². The van der Waals surface area contributed by atoms with E-state index in [-0.39, 0.29) is 0 Å². The molecular weight excluding hydrogens is 326 g/mol. The van der Waals surface area contributed by atoms with E-state index in [0.29, 0.717) is 29.2 Å². The van der Waals surface area contributed by atoms with Crippen molar-refractivity contribution in [2.45, 2.75) is 26.2 Å². The highest BCUT2D eigenvalue weighted by Gasteiger charge is 2.09. The van der Waals surface area contributed by atoms with Gasteiger partial charge in [0.2, 0.25) is 5.88 Å². The minimum absolute atomic E-state index is 0.371. The number of halogens is 1. The molecule has 1 aliphatic rings. The fourth-order valence-electron chi connectivity index (χ4n) is 2.76. The van der Waals surface area contributed by atoms with E-state index in [1.807, 2.05) is 24.3 Å². The molecule has 0 N–H and O–H groups in total. The number of nitrogens with zero attached hydrogens (tertiary/aromatic N) is 3. The summed E-state index contributed by atoms with van der Waals surface area (Å²) >= 11 is 5.91. The molecule has 1 aromatic heterocycles. The molecule has 1 aromatic carbocycles. The quantitative estimate of drug-likeness (QED) is 0.736. The van der Waals surface area contributed by atoms with Crippen LogP contribution in [0.5, 0.6) is 17.4 Å². The van der Waals surface area contributed by atoms with E-state index in [4.69, 9.17) is 21.1 Å². The minimum atomic E-state index is 0.371. The summed E-state index contributed by atoms with van der Waals surface area (Å²) in [6.07, 6.45) is 3.97. The van der Waals surface area contributed by atoms with Gasteiger partial charge in [-0.15, -0.1) is 0 Å². The molecular formula is C18H22ClN3O2. The van der Waals surface area contributed by atoms with E-state index < -0.39 is 0 Å². The second-order valence-electron chi connectivity index (χ2n) is 5.90. The molecule has 0 amide bonds. The molecule has 0 unspecified atom stereocenters. The molecule has 0 aliphatic carbocycles. The van der Waals surface area contributed by atoms with Gasteiger partial charge in [0.25, 0.3) is 0 Å². The Balaban J connectivity index is 1.49. The lowest BCUT2D eigenvalue weighted by Gasteiger charge is -2.26. The second-order valence-corrected chi connectivity index (χ2v) is 6.29. The first-order valence-electron chi connectivity index (χ1n) is 8.33. The summed E-state index contributed by atoms with van der Waals surface area (Å²) in [5, 5.41) is 0.371. The monoisotopic (exact) mass is 347 g/mol. The van der Waals surface area contributed by atoms with Crippen molar-refractivity contribution in [1.82, 2.24) is 14.9 Å². The third kappa shape index (κ3) is 5.08. The number of rotatable bonds is 6. The van der Waals surface area contributed by atoms with Crippen molar-refractivity contribution in [2.75, 3.05) is 26.2 Å². The van der Waals surface area contributed by atoms with E-state index in [9.17, 15) is 0 Å². The lowest BCUT2D eigenvalue weighted by atomic mass is 10.1. The van der Waals surface area contributed by atoms with Crippen LogP contribution in [-0.2, 0) is 0 Å². The van der Waals surface area contributed by atoms with Crippen LogP contribution in [0, 0.1) is 6.92 Å². The predicted octanol–water partition coefficient (Wildman–Crippen LogP) is 4.10. The Bertz CT molecular complexity index is 638. The maximum absolute atomic E-state index is 5.91. The normalized spacial score (nSPS) is 15.2. The van der Waals surface area contributed by atoms with Gasteiger partial charge in [-0.2, -0.15) is 4.98 Å². The standard InChI is InChI=1S/C18H22ClN3O2/c1-14-20-17(19)13-18(21-14)24-16-7-5-15(6-8-16)23-12-11-22-9-3-2-4-10-22/h5-8,13H,2-4,9-12H2,1H3. The van der Waals surface area contributed by atoms with Gasteiger partial charge >= 0.3 is 0 Å². The molecule has 2 aromatic rings. The largest absolute Gasteiger partial charge is 0.492 e. The first kappa shape index (κ1) is 17.0. The zero-order valence-corrected chi connectivity index (χ0v) is 14.6.